The summed E-state index contributed by atoms with van der Waals surface area (Å²) in [6.45, 7) is 0. The van der Waals surface area contributed by atoms with Gasteiger partial charge in [0.2, 0.25) is 0 Å². The monoisotopic (exact) mass is 356 g/mol. The number of nitrogens with zero attached hydrogens (tertiary/aromatic N) is 6. The van der Waals surface area contributed by atoms with Gasteiger partial charge in [0.25, 0.3) is 0 Å². The molecule has 0 aliphatic rings. The Labute approximate surface area is 149 Å². The van der Waals surface area contributed by atoms with E-state index in [1.165, 1.54) is 19.2 Å². The Morgan fingerprint density at radius 3 is 1.81 bits per heavy atom. The van der Waals surface area contributed by atoms with Crippen molar-refractivity contribution in [2.45, 2.75) is 0 Å². The maximum absolute atomic E-state index is 5.56. The highest BCUT2D eigenvalue weighted by Crippen LogP contribution is 2.34. The molecule has 6 rings (SSSR count). The molecule has 0 amide bonds. The highest BCUT2D eigenvalue weighted by Gasteiger charge is 2.20. The van der Waals surface area contributed by atoms with Gasteiger partial charge in [0.05, 0.1) is 5.69 Å². The minimum Gasteiger partial charge on any atom is -0.441 e. The summed E-state index contributed by atoms with van der Waals surface area (Å²) in [5, 5.41) is 0. The third kappa shape index (κ3) is 1.99. The summed E-state index contributed by atoms with van der Waals surface area (Å²) in [7, 11) is 0. The molecule has 9 heteroatoms. The molecule has 0 unspecified atom stereocenters. The van der Waals surface area contributed by atoms with Crippen LogP contribution in [0.15, 0.2) is 63.0 Å². The van der Waals surface area contributed by atoms with Crippen LogP contribution in [0.2, 0.25) is 0 Å². The van der Waals surface area contributed by atoms with Crippen molar-refractivity contribution >= 4 is 33.3 Å². The molecule has 0 fully saturated rings. The molecule has 0 aliphatic carbocycles. The Kier molecular flexibility index (Phi) is 2.70. The van der Waals surface area contributed by atoms with Gasteiger partial charge in [-0.05, 0) is 18.2 Å². The van der Waals surface area contributed by atoms with Crippen LogP contribution in [0.25, 0.3) is 56.1 Å². The van der Waals surface area contributed by atoms with Gasteiger partial charge in [0.1, 0.15) is 33.6 Å². The van der Waals surface area contributed by atoms with E-state index in [1.54, 1.807) is 30.6 Å². The molecule has 0 spiro atoms. The van der Waals surface area contributed by atoms with Gasteiger partial charge < -0.3 is 13.3 Å². The SMILES string of the molecule is c1cc2ncoc2c(-c2cc3ncoc3c(-c3nccc4ncoc34)n2)n1. The van der Waals surface area contributed by atoms with E-state index in [-0.39, 0.29) is 0 Å². The van der Waals surface area contributed by atoms with Crippen molar-refractivity contribution < 1.29 is 13.3 Å². The highest BCUT2D eigenvalue weighted by atomic mass is 16.3. The predicted octanol–water partition coefficient (Wildman–Crippen LogP) is 3.63. The number of pyridine rings is 3. The zero-order valence-corrected chi connectivity index (χ0v) is 13.5. The van der Waals surface area contributed by atoms with Gasteiger partial charge >= 0.3 is 0 Å². The molecular weight excluding hydrogens is 348 g/mol. The van der Waals surface area contributed by atoms with E-state index in [4.69, 9.17) is 18.2 Å². The predicted molar refractivity (Wildman–Crippen MR) is 93.4 cm³/mol. The topological polar surface area (TPSA) is 117 Å². The minimum atomic E-state index is 0.487. The normalized spacial score (nSPS) is 11.7. The fourth-order valence-corrected chi connectivity index (χ4v) is 3.08. The average molecular weight is 356 g/mol. The third-order valence-electron chi connectivity index (χ3n) is 4.27. The number of rotatable bonds is 2. The van der Waals surface area contributed by atoms with Crippen LogP contribution >= 0.6 is 0 Å². The molecule has 0 aromatic carbocycles. The zero-order valence-electron chi connectivity index (χ0n) is 13.5. The third-order valence-corrected chi connectivity index (χ3v) is 4.27. The Bertz CT molecular complexity index is 1450. The second-order valence-electron chi connectivity index (χ2n) is 5.78. The van der Waals surface area contributed by atoms with E-state index in [2.05, 4.69) is 24.9 Å². The lowest BCUT2D eigenvalue weighted by atomic mass is 10.1. The first-order chi connectivity index (χ1) is 13.4. The summed E-state index contributed by atoms with van der Waals surface area (Å²) in [5.74, 6) is 0. The minimum absolute atomic E-state index is 0.487. The molecule has 0 aliphatic heterocycles. The van der Waals surface area contributed by atoms with Gasteiger partial charge in [0.15, 0.2) is 35.9 Å². The van der Waals surface area contributed by atoms with Gasteiger partial charge in [0, 0.05) is 12.4 Å². The van der Waals surface area contributed by atoms with Gasteiger partial charge in [-0.3, -0.25) is 9.97 Å². The van der Waals surface area contributed by atoms with Crippen LogP contribution in [0.1, 0.15) is 0 Å². The Balaban J connectivity index is 1.70. The van der Waals surface area contributed by atoms with E-state index < -0.39 is 0 Å². The molecule has 9 nitrogen and oxygen atoms in total. The van der Waals surface area contributed by atoms with Crippen LogP contribution < -0.4 is 0 Å². The van der Waals surface area contributed by atoms with E-state index in [0.717, 1.165) is 0 Å². The molecule has 6 heterocycles. The first kappa shape index (κ1) is 14.1. The number of oxazole rings is 3. The van der Waals surface area contributed by atoms with Crippen LogP contribution in [-0.4, -0.2) is 29.9 Å². The molecule has 27 heavy (non-hydrogen) atoms. The van der Waals surface area contributed by atoms with E-state index in [1.807, 2.05) is 0 Å². The largest absolute Gasteiger partial charge is 0.441 e. The van der Waals surface area contributed by atoms with Crippen molar-refractivity contribution in [1.82, 2.24) is 29.9 Å². The summed E-state index contributed by atoms with van der Waals surface area (Å²) in [4.78, 5) is 26.2. The van der Waals surface area contributed by atoms with Crippen molar-refractivity contribution in [3.05, 3.63) is 49.8 Å². The molecule has 128 valence electrons. The van der Waals surface area contributed by atoms with Crippen LogP contribution in [0.5, 0.6) is 0 Å². The van der Waals surface area contributed by atoms with Crippen molar-refractivity contribution in [3.8, 4) is 22.8 Å². The van der Waals surface area contributed by atoms with E-state index in [9.17, 15) is 0 Å². The lowest BCUT2D eigenvalue weighted by Crippen LogP contribution is -1.94. The Morgan fingerprint density at radius 2 is 1.11 bits per heavy atom. The van der Waals surface area contributed by atoms with Gasteiger partial charge in [-0.25, -0.2) is 19.9 Å². The molecule has 0 N–H and O–H groups in total. The van der Waals surface area contributed by atoms with Gasteiger partial charge in [-0.2, -0.15) is 0 Å². The summed E-state index contributed by atoms with van der Waals surface area (Å²) >= 11 is 0. The van der Waals surface area contributed by atoms with E-state index in [0.29, 0.717) is 56.1 Å². The van der Waals surface area contributed by atoms with Crippen LogP contribution in [0.3, 0.4) is 0 Å². The van der Waals surface area contributed by atoms with Gasteiger partial charge in [-0.15, -0.1) is 0 Å². The first-order valence-electron chi connectivity index (χ1n) is 8.00. The van der Waals surface area contributed by atoms with Crippen LogP contribution in [0, 0.1) is 0 Å². The smallest absolute Gasteiger partial charge is 0.182 e. The Morgan fingerprint density at radius 1 is 0.556 bits per heavy atom. The maximum Gasteiger partial charge on any atom is 0.182 e. The lowest BCUT2D eigenvalue weighted by molar-refractivity contribution is 0.597. The highest BCUT2D eigenvalue weighted by molar-refractivity contribution is 5.98. The van der Waals surface area contributed by atoms with Gasteiger partial charge in [-0.1, -0.05) is 0 Å². The molecule has 6 aromatic heterocycles. The van der Waals surface area contributed by atoms with Crippen molar-refractivity contribution in [2.24, 2.45) is 0 Å². The van der Waals surface area contributed by atoms with Crippen LogP contribution in [-0.2, 0) is 0 Å². The molecule has 6 aromatic rings. The molecule has 0 bridgehead atoms. The number of hydrogen-bond acceptors (Lipinski definition) is 9. The maximum atomic E-state index is 5.56. The molecular formula is C18H8N6O3. The summed E-state index contributed by atoms with van der Waals surface area (Å²) < 4.78 is 16.6. The number of hydrogen-bond donors (Lipinski definition) is 0. The van der Waals surface area contributed by atoms with Crippen LogP contribution in [0.4, 0.5) is 0 Å². The van der Waals surface area contributed by atoms with Crippen molar-refractivity contribution in [2.75, 3.05) is 0 Å². The molecule has 0 atom stereocenters. The fourth-order valence-electron chi connectivity index (χ4n) is 3.08. The fraction of sp³-hybridized carbons (Fsp3) is 0. The quantitative estimate of drug-likeness (QED) is 0.458. The van der Waals surface area contributed by atoms with E-state index >= 15 is 0 Å². The molecule has 0 saturated carbocycles. The molecule has 0 radical (unpaired) electrons. The Hall–Kier alpha value is -4.14. The second kappa shape index (κ2) is 5.18. The average Bonchev–Trinajstić information content (AvgIpc) is 3.45. The molecule has 0 saturated heterocycles. The summed E-state index contributed by atoms with van der Waals surface area (Å²) in [5.41, 5.74) is 5.67. The summed E-state index contributed by atoms with van der Waals surface area (Å²) in [6.07, 6.45) is 7.41. The standard InChI is InChI=1S/C18H8N6O3/c1-3-19-13(16-9(1)21-6-25-16)11-5-12-18(27-8-23-12)15(24-11)14-17-10(2-4-20-14)22-7-26-17/h1-8H. The van der Waals surface area contributed by atoms with Crippen molar-refractivity contribution in [3.63, 3.8) is 0 Å². The van der Waals surface area contributed by atoms with Crippen molar-refractivity contribution in [1.29, 1.82) is 0 Å². The zero-order chi connectivity index (χ0) is 17.8. The number of aromatic nitrogens is 6. The lowest BCUT2D eigenvalue weighted by Gasteiger charge is -2.05. The summed E-state index contributed by atoms with van der Waals surface area (Å²) in [6, 6.07) is 5.32. The number of fused-ring (bicyclic) bond motifs is 3. The second-order valence-corrected chi connectivity index (χ2v) is 5.78. The first-order valence-corrected chi connectivity index (χ1v) is 8.00.